The van der Waals surface area contributed by atoms with E-state index in [-0.39, 0.29) is 27.5 Å². The fourth-order valence-corrected chi connectivity index (χ4v) is 4.27. The van der Waals surface area contributed by atoms with Crippen LogP contribution in [0.5, 0.6) is 17.2 Å². The molecule has 5 rings (SSSR count). The van der Waals surface area contributed by atoms with Gasteiger partial charge < -0.3 is 13.9 Å². The molecule has 0 amide bonds. The van der Waals surface area contributed by atoms with E-state index in [1.54, 1.807) is 12.1 Å². The van der Waals surface area contributed by atoms with Gasteiger partial charge in [-0.1, -0.05) is 65.7 Å². The number of carbonyl (C=O) groups is 1. The van der Waals surface area contributed by atoms with Gasteiger partial charge in [0, 0.05) is 11.1 Å². The lowest BCUT2D eigenvalue weighted by molar-refractivity contribution is -0.154. The van der Waals surface area contributed by atoms with Crippen LogP contribution in [-0.2, 0) is 6.18 Å². The van der Waals surface area contributed by atoms with Crippen LogP contribution in [0.2, 0.25) is 10.0 Å². The standard InChI is InChI=1S/C29H15Cl2F3O5/c30-18-8-12-21(23(31)14-18)28(36)38-20-11-13-22-24(15-20)39-27(29(32,33)34)26(25(22)35)37-19-9-6-17(7-10-19)16-4-2-1-3-5-16/h1-15H. The Labute approximate surface area is 228 Å². The van der Waals surface area contributed by atoms with Gasteiger partial charge in [-0.05, 0) is 53.6 Å². The number of ether oxygens (including phenoxy) is 2. The molecule has 0 spiro atoms. The van der Waals surface area contributed by atoms with Crippen LogP contribution in [0.1, 0.15) is 16.1 Å². The van der Waals surface area contributed by atoms with Gasteiger partial charge in [0.2, 0.25) is 11.2 Å². The molecule has 0 saturated carbocycles. The molecular formula is C29H15Cl2F3O5. The fraction of sp³-hybridized carbons (Fsp3) is 0.0345. The van der Waals surface area contributed by atoms with Crippen LogP contribution >= 0.6 is 23.2 Å². The van der Waals surface area contributed by atoms with Gasteiger partial charge >= 0.3 is 12.1 Å². The zero-order chi connectivity index (χ0) is 27.7. The van der Waals surface area contributed by atoms with Crippen molar-refractivity contribution in [1.82, 2.24) is 0 Å². The molecule has 5 nitrogen and oxygen atoms in total. The smallest absolute Gasteiger partial charge is 0.449 e. The van der Waals surface area contributed by atoms with Gasteiger partial charge in [0.1, 0.15) is 17.1 Å². The molecule has 196 valence electrons. The summed E-state index contributed by atoms with van der Waals surface area (Å²) in [6.07, 6.45) is -5.06. The normalized spacial score (nSPS) is 11.4. The summed E-state index contributed by atoms with van der Waals surface area (Å²) in [5, 5.41) is 0.120. The molecule has 0 saturated heterocycles. The third kappa shape index (κ3) is 5.62. The summed E-state index contributed by atoms with van der Waals surface area (Å²) in [5.41, 5.74) is 0.202. The Kier molecular flexibility index (Phi) is 7.08. The van der Waals surface area contributed by atoms with Crippen molar-refractivity contribution in [3.8, 4) is 28.4 Å². The first-order chi connectivity index (χ1) is 18.6. The third-order valence-electron chi connectivity index (χ3n) is 5.62. The van der Waals surface area contributed by atoms with Crippen molar-refractivity contribution in [1.29, 1.82) is 0 Å². The van der Waals surface area contributed by atoms with Crippen molar-refractivity contribution in [3.63, 3.8) is 0 Å². The minimum atomic E-state index is -5.06. The molecule has 0 radical (unpaired) electrons. The molecule has 39 heavy (non-hydrogen) atoms. The van der Waals surface area contributed by atoms with Crippen LogP contribution in [0.3, 0.4) is 0 Å². The molecule has 0 unspecified atom stereocenters. The van der Waals surface area contributed by atoms with Crippen molar-refractivity contribution in [2.24, 2.45) is 0 Å². The molecule has 5 aromatic rings. The quantitative estimate of drug-likeness (QED) is 0.156. The zero-order valence-electron chi connectivity index (χ0n) is 19.6. The summed E-state index contributed by atoms with van der Waals surface area (Å²) in [5.74, 6) is -3.68. The van der Waals surface area contributed by atoms with E-state index < -0.39 is 34.7 Å². The Morgan fingerprint density at radius 2 is 1.46 bits per heavy atom. The van der Waals surface area contributed by atoms with E-state index in [4.69, 9.17) is 37.1 Å². The van der Waals surface area contributed by atoms with Gasteiger partial charge in [-0.3, -0.25) is 4.79 Å². The minimum absolute atomic E-state index is 0.0113. The number of halogens is 5. The number of alkyl halides is 3. The molecule has 0 aliphatic heterocycles. The molecule has 0 aliphatic rings. The highest BCUT2D eigenvalue weighted by molar-refractivity contribution is 6.36. The third-order valence-corrected chi connectivity index (χ3v) is 6.17. The first kappa shape index (κ1) is 26.3. The van der Waals surface area contributed by atoms with Gasteiger partial charge in [-0.2, -0.15) is 13.2 Å². The Morgan fingerprint density at radius 1 is 0.795 bits per heavy atom. The zero-order valence-corrected chi connectivity index (χ0v) is 21.1. The molecule has 10 heteroatoms. The summed E-state index contributed by atoms with van der Waals surface area (Å²) >= 11 is 11.8. The molecule has 0 fully saturated rings. The van der Waals surface area contributed by atoms with Gasteiger partial charge in [0.05, 0.1) is 16.0 Å². The van der Waals surface area contributed by atoms with Crippen LogP contribution in [0, 0.1) is 0 Å². The van der Waals surface area contributed by atoms with Gasteiger partial charge in [-0.15, -0.1) is 0 Å². The molecule has 0 atom stereocenters. The number of benzene rings is 4. The van der Waals surface area contributed by atoms with Gasteiger partial charge in [-0.25, -0.2) is 4.79 Å². The van der Waals surface area contributed by atoms with E-state index in [0.717, 1.165) is 17.2 Å². The predicted octanol–water partition coefficient (Wildman–Crippen LogP) is 8.80. The lowest BCUT2D eigenvalue weighted by Crippen LogP contribution is -2.15. The van der Waals surface area contributed by atoms with Crippen molar-refractivity contribution >= 4 is 40.1 Å². The van der Waals surface area contributed by atoms with Crippen molar-refractivity contribution in [2.75, 3.05) is 0 Å². The topological polar surface area (TPSA) is 65.7 Å². The van der Waals surface area contributed by atoms with E-state index in [2.05, 4.69) is 0 Å². The second kappa shape index (κ2) is 10.5. The van der Waals surface area contributed by atoms with Crippen LogP contribution in [0.15, 0.2) is 100 Å². The number of rotatable bonds is 5. The second-order valence-electron chi connectivity index (χ2n) is 8.25. The van der Waals surface area contributed by atoms with Crippen molar-refractivity contribution < 1.29 is 31.9 Å². The molecule has 0 N–H and O–H groups in total. The molecule has 1 aromatic heterocycles. The molecule has 1 heterocycles. The summed E-state index contributed by atoms with van der Waals surface area (Å²) in [7, 11) is 0. The van der Waals surface area contributed by atoms with Gasteiger partial charge in [0.15, 0.2) is 0 Å². The molecule has 4 aromatic carbocycles. The maximum atomic E-state index is 13.9. The molecule has 0 aliphatic carbocycles. The largest absolute Gasteiger partial charge is 0.453 e. The minimum Gasteiger partial charge on any atom is -0.449 e. The van der Waals surface area contributed by atoms with E-state index >= 15 is 0 Å². The second-order valence-corrected chi connectivity index (χ2v) is 9.09. The maximum absolute atomic E-state index is 13.9. The Hall–Kier alpha value is -4.27. The highest BCUT2D eigenvalue weighted by atomic mass is 35.5. The summed E-state index contributed by atoms with van der Waals surface area (Å²) < 4.78 is 57.5. The Morgan fingerprint density at radius 3 is 2.13 bits per heavy atom. The first-order valence-corrected chi connectivity index (χ1v) is 12.0. The predicted molar refractivity (Wildman–Crippen MR) is 141 cm³/mol. The van der Waals surface area contributed by atoms with Crippen molar-refractivity contribution in [3.05, 3.63) is 123 Å². The fourth-order valence-electron chi connectivity index (χ4n) is 3.78. The lowest BCUT2D eigenvalue weighted by Gasteiger charge is -2.14. The van der Waals surface area contributed by atoms with Gasteiger partial charge in [0.25, 0.3) is 5.76 Å². The lowest BCUT2D eigenvalue weighted by atomic mass is 10.1. The van der Waals surface area contributed by atoms with Crippen LogP contribution in [0.25, 0.3) is 22.1 Å². The number of hydrogen-bond donors (Lipinski definition) is 0. The number of carbonyl (C=O) groups excluding carboxylic acids is 1. The van der Waals surface area contributed by atoms with E-state index in [9.17, 15) is 22.8 Å². The highest BCUT2D eigenvalue weighted by Crippen LogP contribution is 2.39. The van der Waals surface area contributed by atoms with Crippen LogP contribution in [0.4, 0.5) is 13.2 Å². The number of hydrogen-bond acceptors (Lipinski definition) is 5. The molecular weight excluding hydrogens is 556 g/mol. The SMILES string of the molecule is O=C(Oc1ccc2c(=O)c(Oc3ccc(-c4ccccc4)cc3)c(C(F)(F)F)oc2c1)c1ccc(Cl)cc1Cl. The van der Waals surface area contributed by atoms with E-state index in [0.29, 0.717) is 5.02 Å². The molecule has 0 bridgehead atoms. The number of fused-ring (bicyclic) bond motifs is 1. The van der Waals surface area contributed by atoms with Crippen LogP contribution in [-0.4, -0.2) is 5.97 Å². The van der Waals surface area contributed by atoms with Crippen molar-refractivity contribution in [2.45, 2.75) is 6.18 Å². The average molecular weight is 571 g/mol. The van der Waals surface area contributed by atoms with E-state index in [1.165, 1.54) is 42.5 Å². The summed E-state index contributed by atoms with van der Waals surface area (Å²) in [4.78, 5) is 25.6. The Balaban J connectivity index is 1.49. The Bertz CT molecular complexity index is 1750. The summed E-state index contributed by atoms with van der Waals surface area (Å²) in [6, 6.07) is 23.1. The monoisotopic (exact) mass is 570 g/mol. The maximum Gasteiger partial charge on any atom is 0.453 e. The number of esters is 1. The average Bonchev–Trinajstić information content (AvgIpc) is 2.90. The van der Waals surface area contributed by atoms with Crippen LogP contribution < -0.4 is 14.9 Å². The van der Waals surface area contributed by atoms with E-state index in [1.807, 2.05) is 30.3 Å². The highest BCUT2D eigenvalue weighted by Gasteiger charge is 2.40. The summed E-state index contributed by atoms with van der Waals surface area (Å²) in [6.45, 7) is 0. The first-order valence-electron chi connectivity index (χ1n) is 11.3.